The van der Waals surface area contributed by atoms with E-state index in [4.69, 9.17) is 0 Å². The molecule has 1 aromatic rings. The standard InChI is InChI=1S/C19H26N2OS/c22-19(21-11-3-5-14-4-1-2-6-17(14)21)16-12-18(23-13-16)15-7-9-20-10-8-15/h7,12-14,17,20H,1-6,8-11H2/t14-,17-/m1/s1. The third-order valence-electron chi connectivity index (χ3n) is 5.73. The summed E-state index contributed by atoms with van der Waals surface area (Å²) in [5.74, 6) is 1.03. The Morgan fingerprint density at radius 2 is 2.09 bits per heavy atom. The van der Waals surface area contributed by atoms with Crippen LogP contribution in [0.25, 0.3) is 5.57 Å². The number of amides is 1. The van der Waals surface area contributed by atoms with Crippen molar-refractivity contribution in [3.05, 3.63) is 28.0 Å². The van der Waals surface area contributed by atoms with Crippen LogP contribution in [0.15, 0.2) is 17.5 Å². The number of hydrogen-bond donors (Lipinski definition) is 1. The monoisotopic (exact) mass is 330 g/mol. The first-order valence-electron chi connectivity index (χ1n) is 9.12. The molecule has 1 amide bonds. The molecule has 2 fully saturated rings. The van der Waals surface area contributed by atoms with Crippen molar-refractivity contribution in [1.29, 1.82) is 0 Å². The summed E-state index contributed by atoms with van der Waals surface area (Å²) in [6.07, 6.45) is 11.0. The molecule has 3 aliphatic rings. The Labute approximate surface area is 142 Å². The van der Waals surface area contributed by atoms with Crippen LogP contribution in [-0.2, 0) is 0 Å². The van der Waals surface area contributed by atoms with E-state index in [1.165, 1.54) is 49.0 Å². The highest BCUT2D eigenvalue weighted by Gasteiger charge is 2.36. The number of likely N-dealkylation sites (tertiary alicyclic amines) is 1. The van der Waals surface area contributed by atoms with E-state index in [2.05, 4.69) is 27.7 Å². The molecule has 23 heavy (non-hydrogen) atoms. The van der Waals surface area contributed by atoms with Gasteiger partial charge in [0.2, 0.25) is 0 Å². The summed E-state index contributed by atoms with van der Waals surface area (Å²) in [7, 11) is 0. The maximum absolute atomic E-state index is 13.1. The maximum atomic E-state index is 13.1. The summed E-state index contributed by atoms with van der Waals surface area (Å²) in [6.45, 7) is 2.95. The van der Waals surface area contributed by atoms with Gasteiger partial charge >= 0.3 is 0 Å². The van der Waals surface area contributed by atoms with Gasteiger partial charge in [0, 0.05) is 29.4 Å². The normalized spacial score (nSPS) is 28.2. The van der Waals surface area contributed by atoms with Gasteiger partial charge in [-0.1, -0.05) is 18.9 Å². The third kappa shape index (κ3) is 3.11. The zero-order valence-corrected chi connectivity index (χ0v) is 14.5. The molecule has 4 rings (SSSR count). The molecule has 1 N–H and O–H groups in total. The minimum atomic E-state index is 0.277. The first-order valence-corrected chi connectivity index (χ1v) is 10.0. The summed E-state index contributed by atoms with van der Waals surface area (Å²) in [5.41, 5.74) is 2.32. The summed E-state index contributed by atoms with van der Waals surface area (Å²) in [6, 6.07) is 2.64. The van der Waals surface area contributed by atoms with Gasteiger partial charge in [0.15, 0.2) is 0 Å². The number of nitrogens with zero attached hydrogens (tertiary/aromatic N) is 1. The predicted molar refractivity (Wildman–Crippen MR) is 95.8 cm³/mol. The summed E-state index contributed by atoms with van der Waals surface area (Å²) in [4.78, 5) is 16.5. The van der Waals surface area contributed by atoms with Gasteiger partial charge < -0.3 is 10.2 Å². The zero-order valence-electron chi connectivity index (χ0n) is 13.7. The average molecular weight is 330 g/mol. The molecule has 0 aromatic carbocycles. The lowest BCUT2D eigenvalue weighted by atomic mass is 9.78. The second kappa shape index (κ2) is 6.78. The number of thiophene rings is 1. The van der Waals surface area contributed by atoms with Gasteiger partial charge in [-0.05, 0) is 56.2 Å². The van der Waals surface area contributed by atoms with Crippen molar-refractivity contribution < 1.29 is 4.79 Å². The highest BCUT2D eigenvalue weighted by molar-refractivity contribution is 7.11. The van der Waals surface area contributed by atoms with E-state index in [1.54, 1.807) is 11.3 Å². The molecule has 0 spiro atoms. The van der Waals surface area contributed by atoms with E-state index >= 15 is 0 Å². The van der Waals surface area contributed by atoms with Gasteiger partial charge in [0.25, 0.3) is 5.91 Å². The number of rotatable bonds is 2. The van der Waals surface area contributed by atoms with Crippen LogP contribution < -0.4 is 5.32 Å². The molecule has 0 radical (unpaired) electrons. The molecule has 1 aromatic heterocycles. The molecule has 1 aliphatic carbocycles. The largest absolute Gasteiger partial charge is 0.335 e. The number of piperidine rings is 1. The van der Waals surface area contributed by atoms with E-state index in [0.717, 1.165) is 37.5 Å². The molecular formula is C19H26N2OS. The highest BCUT2D eigenvalue weighted by Crippen LogP contribution is 2.36. The van der Waals surface area contributed by atoms with Crippen LogP contribution in [-0.4, -0.2) is 36.5 Å². The van der Waals surface area contributed by atoms with Crippen molar-refractivity contribution >= 4 is 22.8 Å². The molecule has 0 bridgehead atoms. The van der Waals surface area contributed by atoms with Crippen molar-refractivity contribution in [3.8, 4) is 0 Å². The van der Waals surface area contributed by atoms with Crippen molar-refractivity contribution in [2.45, 2.75) is 51.0 Å². The Hall–Kier alpha value is -1.13. The number of fused-ring (bicyclic) bond motifs is 1. The maximum Gasteiger partial charge on any atom is 0.254 e. The minimum Gasteiger partial charge on any atom is -0.335 e. The predicted octanol–water partition coefficient (Wildman–Crippen LogP) is 3.92. The fourth-order valence-electron chi connectivity index (χ4n) is 4.51. The van der Waals surface area contributed by atoms with Crippen LogP contribution in [0.3, 0.4) is 0 Å². The van der Waals surface area contributed by atoms with Crippen LogP contribution in [0, 0.1) is 5.92 Å². The molecule has 2 aliphatic heterocycles. The van der Waals surface area contributed by atoms with Crippen molar-refractivity contribution in [1.82, 2.24) is 10.2 Å². The Kier molecular flexibility index (Phi) is 4.54. The average Bonchev–Trinajstić information content (AvgIpc) is 3.11. The van der Waals surface area contributed by atoms with Crippen LogP contribution in [0.4, 0.5) is 0 Å². The fraction of sp³-hybridized carbons (Fsp3) is 0.632. The van der Waals surface area contributed by atoms with Crippen molar-refractivity contribution in [3.63, 3.8) is 0 Å². The molecule has 3 heterocycles. The topological polar surface area (TPSA) is 32.3 Å². The molecule has 3 nitrogen and oxygen atoms in total. The number of carbonyl (C=O) groups is 1. The van der Waals surface area contributed by atoms with E-state index in [9.17, 15) is 4.79 Å². The van der Waals surface area contributed by atoms with Gasteiger partial charge in [0.1, 0.15) is 0 Å². The van der Waals surface area contributed by atoms with Crippen molar-refractivity contribution in [2.24, 2.45) is 5.92 Å². The Balaban J connectivity index is 1.52. The Morgan fingerprint density at radius 1 is 1.22 bits per heavy atom. The Bertz CT molecular complexity index is 604. The molecule has 4 heteroatoms. The first-order chi connectivity index (χ1) is 11.3. The van der Waals surface area contributed by atoms with Gasteiger partial charge in [-0.25, -0.2) is 0 Å². The zero-order chi connectivity index (χ0) is 15.6. The number of nitrogens with one attached hydrogen (secondary N) is 1. The van der Waals surface area contributed by atoms with Gasteiger partial charge in [0.05, 0.1) is 5.56 Å². The van der Waals surface area contributed by atoms with Crippen LogP contribution >= 0.6 is 11.3 Å². The van der Waals surface area contributed by atoms with E-state index < -0.39 is 0 Å². The van der Waals surface area contributed by atoms with Crippen LogP contribution in [0.1, 0.15) is 60.2 Å². The highest BCUT2D eigenvalue weighted by atomic mass is 32.1. The lowest BCUT2D eigenvalue weighted by Crippen LogP contribution is -2.49. The quantitative estimate of drug-likeness (QED) is 0.891. The lowest BCUT2D eigenvalue weighted by molar-refractivity contribution is 0.0391. The lowest BCUT2D eigenvalue weighted by Gasteiger charge is -2.44. The molecule has 0 unspecified atom stereocenters. The van der Waals surface area contributed by atoms with E-state index in [1.807, 2.05) is 0 Å². The van der Waals surface area contributed by atoms with Gasteiger partial charge in [-0.15, -0.1) is 11.3 Å². The third-order valence-corrected chi connectivity index (χ3v) is 6.74. The second-order valence-electron chi connectivity index (χ2n) is 7.14. The molecule has 2 atom stereocenters. The number of carbonyl (C=O) groups excluding carboxylic acids is 1. The van der Waals surface area contributed by atoms with Gasteiger partial charge in [-0.2, -0.15) is 0 Å². The Morgan fingerprint density at radius 3 is 2.96 bits per heavy atom. The molecule has 124 valence electrons. The summed E-state index contributed by atoms with van der Waals surface area (Å²) in [5, 5.41) is 5.43. The van der Waals surface area contributed by atoms with E-state index in [-0.39, 0.29) is 5.91 Å². The molecular weight excluding hydrogens is 304 g/mol. The van der Waals surface area contributed by atoms with E-state index in [0.29, 0.717) is 6.04 Å². The minimum absolute atomic E-state index is 0.277. The first kappa shape index (κ1) is 15.4. The summed E-state index contributed by atoms with van der Waals surface area (Å²) < 4.78 is 0. The van der Waals surface area contributed by atoms with Gasteiger partial charge in [-0.3, -0.25) is 4.79 Å². The van der Waals surface area contributed by atoms with Crippen LogP contribution in [0.2, 0.25) is 0 Å². The number of hydrogen-bond acceptors (Lipinski definition) is 3. The summed E-state index contributed by atoms with van der Waals surface area (Å²) >= 11 is 1.73. The van der Waals surface area contributed by atoms with Crippen LogP contribution in [0.5, 0.6) is 0 Å². The van der Waals surface area contributed by atoms with Crippen molar-refractivity contribution in [2.75, 3.05) is 19.6 Å². The SMILES string of the molecule is O=C(c1csc(C2=CCNCC2)c1)N1CCC[C@H]2CCCC[C@H]21. The molecule has 1 saturated heterocycles. The fourth-order valence-corrected chi connectivity index (χ4v) is 5.46. The smallest absolute Gasteiger partial charge is 0.254 e. The molecule has 1 saturated carbocycles. The second-order valence-corrected chi connectivity index (χ2v) is 8.05.